The number of nitrogens with one attached hydrogen (secondary N) is 1. The SMILES string of the molecule is O=C(O)NN1C(=O)C[C@@H]1C(CCC(=O)Sc1ccccc1)c1cccc([N+](=O)[O-])c1. The first-order valence-corrected chi connectivity index (χ1v) is 9.98. The first kappa shape index (κ1) is 21.3. The molecule has 2 aromatic rings. The molecule has 2 atom stereocenters. The fourth-order valence-electron chi connectivity index (χ4n) is 3.41. The number of non-ortho nitro benzene ring substituents is 1. The van der Waals surface area contributed by atoms with Crippen molar-refractivity contribution >= 4 is 34.6 Å². The third-order valence-corrected chi connectivity index (χ3v) is 5.75. The predicted molar refractivity (Wildman–Crippen MR) is 109 cm³/mol. The summed E-state index contributed by atoms with van der Waals surface area (Å²) in [6.07, 6.45) is -0.802. The van der Waals surface area contributed by atoms with Gasteiger partial charge in [0.2, 0.25) is 5.91 Å². The van der Waals surface area contributed by atoms with E-state index in [0.29, 0.717) is 12.0 Å². The second-order valence-electron chi connectivity index (χ2n) is 6.74. The summed E-state index contributed by atoms with van der Waals surface area (Å²) in [4.78, 5) is 46.8. The predicted octanol–water partition coefficient (Wildman–Crippen LogP) is 3.56. The lowest BCUT2D eigenvalue weighted by Gasteiger charge is -2.43. The molecule has 2 aromatic carbocycles. The lowest BCUT2D eigenvalue weighted by molar-refractivity contribution is -0.384. The highest BCUT2D eigenvalue weighted by Crippen LogP contribution is 2.37. The van der Waals surface area contributed by atoms with Crippen LogP contribution < -0.4 is 5.43 Å². The number of benzene rings is 2. The Morgan fingerprint density at radius 1 is 1.23 bits per heavy atom. The second kappa shape index (κ2) is 9.40. The molecule has 30 heavy (non-hydrogen) atoms. The number of carboxylic acid groups (broad SMARTS) is 1. The van der Waals surface area contributed by atoms with Crippen molar-refractivity contribution in [3.8, 4) is 0 Å². The molecule has 0 bridgehead atoms. The fourth-order valence-corrected chi connectivity index (χ4v) is 4.18. The number of carbonyl (C=O) groups is 3. The summed E-state index contributed by atoms with van der Waals surface area (Å²) < 4.78 is 0. The Hall–Kier alpha value is -3.40. The van der Waals surface area contributed by atoms with Crippen molar-refractivity contribution in [3.63, 3.8) is 0 Å². The van der Waals surface area contributed by atoms with E-state index in [1.54, 1.807) is 6.07 Å². The fraction of sp³-hybridized carbons (Fsp3) is 0.250. The molecule has 0 spiro atoms. The van der Waals surface area contributed by atoms with Crippen LogP contribution >= 0.6 is 11.8 Å². The molecule has 0 radical (unpaired) electrons. The van der Waals surface area contributed by atoms with Crippen molar-refractivity contribution in [2.24, 2.45) is 0 Å². The zero-order chi connectivity index (χ0) is 21.7. The van der Waals surface area contributed by atoms with Gasteiger partial charge in [0.25, 0.3) is 5.69 Å². The lowest BCUT2D eigenvalue weighted by atomic mass is 9.81. The zero-order valence-electron chi connectivity index (χ0n) is 15.8. The number of hydrogen-bond donors (Lipinski definition) is 2. The third-order valence-electron chi connectivity index (χ3n) is 4.81. The number of hydrazine groups is 1. The summed E-state index contributed by atoms with van der Waals surface area (Å²) in [5.74, 6) is -0.822. The van der Waals surface area contributed by atoms with Crippen LogP contribution in [-0.2, 0) is 9.59 Å². The molecule has 1 fully saturated rings. The van der Waals surface area contributed by atoms with E-state index < -0.39 is 23.0 Å². The molecule has 3 rings (SSSR count). The van der Waals surface area contributed by atoms with Crippen molar-refractivity contribution in [2.75, 3.05) is 0 Å². The van der Waals surface area contributed by atoms with Gasteiger partial charge >= 0.3 is 6.09 Å². The van der Waals surface area contributed by atoms with E-state index in [1.807, 2.05) is 30.3 Å². The van der Waals surface area contributed by atoms with E-state index in [9.17, 15) is 24.5 Å². The van der Waals surface area contributed by atoms with E-state index in [-0.39, 0.29) is 29.6 Å². The Morgan fingerprint density at radius 2 is 1.97 bits per heavy atom. The largest absolute Gasteiger partial charge is 0.464 e. The molecule has 1 aliphatic rings. The number of nitro groups is 1. The average molecular weight is 429 g/mol. The first-order valence-electron chi connectivity index (χ1n) is 9.17. The monoisotopic (exact) mass is 429 g/mol. The summed E-state index contributed by atoms with van der Waals surface area (Å²) in [5, 5.41) is 21.1. The van der Waals surface area contributed by atoms with E-state index in [0.717, 1.165) is 21.7 Å². The maximum absolute atomic E-state index is 12.4. The van der Waals surface area contributed by atoms with Crippen LogP contribution in [0.2, 0.25) is 0 Å². The first-order chi connectivity index (χ1) is 14.3. The molecule has 1 unspecified atom stereocenters. The van der Waals surface area contributed by atoms with Crippen LogP contribution in [0.5, 0.6) is 0 Å². The normalized spacial score (nSPS) is 16.5. The van der Waals surface area contributed by atoms with Crippen molar-refractivity contribution in [1.82, 2.24) is 10.4 Å². The minimum absolute atomic E-state index is 0.0833. The highest BCUT2D eigenvalue weighted by molar-refractivity contribution is 8.13. The molecule has 0 aliphatic carbocycles. The van der Waals surface area contributed by atoms with Gasteiger partial charge in [-0.3, -0.25) is 19.7 Å². The van der Waals surface area contributed by atoms with Crippen LogP contribution in [0.1, 0.15) is 30.7 Å². The number of carbonyl (C=O) groups excluding carboxylic acids is 2. The van der Waals surface area contributed by atoms with E-state index in [1.165, 1.54) is 18.2 Å². The van der Waals surface area contributed by atoms with Gasteiger partial charge in [-0.1, -0.05) is 42.1 Å². The van der Waals surface area contributed by atoms with Gasteiger partial charge < -0.3 is 5.11 Å². The van der Waals surface area contributed by atoms with Crippen LogP contribution in [-0.4, -0.2) is 38.2 Å². The van der Waals surface area contributed by atoms with Crippen molar-refractivity contribution < 1.29 is 24.4 Å². The number of rotatable bonds is 8. The minimum atomic E-state index is -1.37. The number of β-lactam (4-membered cyclic amide) rings is 1. The number of hydrogen-bond acceptors (Lipinski definition) is 6. The van der Waals surface area contributed by atoms with Gasteiger partial charge in [0, 0.05) is 29.4 Å². The van der Waals surface area contributed by atoms with Gasteiger partial charge in [0.05, 0.1) is 17.4 Å². The Labute approximate surface area is 176 Å². The van der Waals surface area contributed by atoms with Gasteiger partial charge in [0.1, 0.15) is 0 Å². The number of amides is 2. The van der Waals surface area contributed by atoms with Crippen molar-refractivity contribution in [1.29, 1.82) is 0 Å². The van der Waals surface area contributed by atoms with Gasteiger partial charge in [-0.15, -0.1) is 0 Å². The van der Waals surface area contributed by atoms with Crippen molar-refractivity contribution in [2.45, 2.75) is 36.1 Å². The van der Waals surface area contributed by atoms with E-state index in [2.05, 4.69) is 5.43 Å². The molecule has 156 valence electrons. The highest BCUT2D eigenvalue weighted by atomic mass is 32.2. The molecule has 1 aliphatic heterocycles. The van der Waals surface area contributed by atoms with Crippen LogP contribution in [0.4, 0.5) is 10.5 Å². The van der Waals surface area contributed by atoms with Crippen LogP contribution in [0.15, 0.2) is 59.5 Å². The molecule has 0 saturated carbocycles. The molecule has 1 saturated heterocycles. The quantitative estimate of drug-likeness (QED) is 0.284. The number of thioether (sulfide) groups is 1. The molecule has 1 heterocycles. The summed E-state index contributed by atoms with van der Waals surface area (Å²) in [6, 6.07) is 14.6. The van der Waals surface area contributed by atoms with Crippen LogP contribution in [0.3, 0.4) is 0 Å². The molecular formula is C20H19N3O6S. The number of nitro benzene ring substituents is 1. The maximum atomic E-state index is 12.4. The summed E-state index contributed by atoms with van der Waals surface area (Å²) in [6.45, 7) is 0. The molecule has 2 N–H and O–H groups in total. The Kier molecular flexibility index (Phi) is 6.68. The molecular weight excluding hydrogens is 410 g/mol. The highest BCUT2D eigenvalue weighted by Gasteiger charge is 2.43. The van der Waals surface area contributed by atoms with Gasteiger partial charge in [-0.2, -0.15) is 0 Å². The molecule has 10 heteroatoms. The number of nitrogens with zero attached hydrogens (tertiary/aromatic N) is 2. The van der Waals surface area contributed by atoms with Crippen LogP contribution in [0.25, 0.3) is 0 Å². The van der Waals surface area contributed by atoms with Crippen LogP contribution in [0, 0.1) is 10.1 Å². The lowest BCUT2D eigenvalue weighted by Crippen LogP contribution is -2.62. The zero-order valence-corrected chi connectivity index (χ0v) is 16.6. The topological polar surface area (TPSA) is 130 Å². The maximum Gasteiger partial charge on any atom is 0.423 e. The summed E-state index contributed by atoms with van der Waals surface area (Å²) >= 11 is 1.10. The minimum Gasteiger partial charge on any atom is -0.464 e. The second-order valence-corrected chi connectivity index (χ2v) is 7.87. The summed E-state index contributed by atoms with van der Waals surface area (Å²) in [7, 11) is 0. The van der Waals surface area contributed by atoms with Gasteiger partial charge in [0.15, 0.2) is 5.12 Å². The Morgan fingerprint density at radius 3 is 2.60 bits per heavy atom. The molecule has 2 amide bonds. The molecule has 0 aromatic heterocycles. The Bertz CT molecular complexity index is 968. The van der Waals surface area contributed by atoms with Gasteiger partial charge in [-0.05, 0) is 24.1 Å². The average Bonchev–Trinajstić information content (AvgIpc) is 2.72. The smallest absolute Gasteiger partial charge is 0.423 e. The molecule has 9 nitrogen and oxygen atoms in total. The summed E-state index contributed by atoms with van der Waals surface area (Å²) in [5.41, 5.74) is 2.54. The van der Waals surface area contributed by atoms with Crippen molar-refractivity contribution in [3.05, 3.63) is 70.3 Å². The standard InChI is InChI=1S/C20H19N3O6S/c24-18-12-17(22(18)21-20(26)27)16(13-5-4-6-14(11-13)23(28)29)9-10-19(25)30-15-7-2-1-3-8-15/h1-8,11,16-17,21H,9-10,12H2,(H,26,27)/t16?,17-/m1/s1. The third kappa shape index (κ3) is 5.15. The van der Waals surface area contributed by atoms with E-state index >= 15 is 0 Å². The Balaban J connectivity index is 1.78. The van der Waals surface area contributed by atoms with Gasteiger partial charge in [-0.25, -0.2) is 15.2 Å². The van der Waals surface area contributed by atoms with E-state index in [4.69, 9.17) is 5.11 Å².